The average molecular weight is 334 g/mol. The van der Waals surface area contributed by atoms with E-state index in [0.717, 1.165) is 28.1 Å². The van der Waals surface area contributed by atoms with Crippen molar-refractivity contribution in [3.63, 3.8) is 0 Å². The molecule has 0 aliphatic carbocycles. The van der Waals surface area contributed by atoms with Crippen molar-refractivity contribution in [3.8, 4) is 5.69 Å². The molecule has 0 spiro atoms. The van der Waals surface area contributed by atoms with Gasteiger partial charge in [-0.15, -0.1) is 5.10 Å². The summed E-state index contributed by atoms with van der Waals surface area (Å²) in [5.74, 6) is -0.245. The van der Waals surface area contributed by atoms with E-state index in [2.05, 4.69) is 21.6 Å². The second kappa shape index (κ2) is 6.51. The molecule has 2 aromatic carbocycles. The Morgan fingerprint density at radius 2 is 1.60 bits per heavy atom. The van der Waals surface area contributed by atoms with Gasteiger partial charge in [-0.1, -0.05) is 35.9 Å². The van der Waals surface area contributed by atoms with Crippen LogP contribution in [-0.2, 0) is 0 Å². The average Bonchev–Trinajstić information content (AvgIpc) is 2.92. The number of nitrogens with zero attached hydrogens (tertiary/aromatic N) is 3. The van der Waals surface area contributed by atoms with Crippen LogP contribution in [0.25, 0.3) is 5.69 Å². The molecule has 0 unspecified atom stereocenters. The number of aromatic nitrogens is 3. The molecule has 1 aromatic heterocycles. The molecule has 0 radical (unpaired) electrons. The minimum absolute atomic E-state index is 0.245. The lowest BCUT2D eigenvalue weighted by Gasteiger charge is -2.10. The minimum atomic E-state index is -0.245. The molecule has 3 rings (SSSR count). The summed E-state index contributed by atoms with van der Waals surface area (Å²) in [6.07, 6.45) is 0. The highest BCUT2D eigenvalue weighted by atomic mass is 16.2. The number of carbonyl (C=O) groups is 1. The quantitative estimate of drug-likeness (QED) is 0.786. The summed E-state index contributed by atoms with van der Waals surface area (Å²) in [6, 6.07) is 12.0. The van der Waals surface area contributed by atoms with Crippen molar-refractivity contribution < 1.29 is 4.79 Å². The van der Waals surface area contributed by atoms with Crippen molar-refractivity contribution >= 4 is 11.6 Å². The zero-order chi connectivity index (χ0) is 18.1. The first-order valence-electron chi connectivity index (χ1n) is 8.26. The summed E-state index contributed by atoms with van der Waals surface area (Å²) >= 11 is 0. The van der Waals surface area contributed by atoms with Crippen LogP contribution in [-0.4, -0.2) is 20.9 Å². The Hall–Kier alpha value is -2.95. The third-order valence-electron chi connectivity index (χ3n) is 4.28. The van der Waals surface area contributed by atoms with Crippen molar-refractivity contribution in [1.82, 2.24) is 15.0 Å². The molecular weight excluding hydrogens is 312 g/mol. The molecule has 0 aliphatic heterocycles. The topological polar surface area (TPSA) is 59.8 Å². The van der Waals surface area contributed by atoms with E-state index >= 15 is 0 Å². The molecule has 0 aliphatic rings. The van der Waals surface area contributed by atoms with Gasteiger partial charge in [0.25, 0.3) is 5.91 Å². The van der Waals surface area contributed by atoms with Gasteiger partial charge in [-0.05, 0) is 57.4 Å². The molecule has 0 bridgehead atoms. The van der Waals surface area contributed by atoms with E-state index in [-0.39, 0.29) is 5.91 Å². The van der Waals surface area contributed by atoms with E-state index < -0.39 is 0 Å². The van der Waals surface area contributed by atoms with Crippen LogP contribution in [0.4, 0.5) is 5.69 Å². The first-order valence-corrected chi connectivity index (χ1v) is 8.26. The van der Waals surface area contributed by atoms with E-state index in [9.17, 15) is 4.79 Å². The first-order chi connectivity index (χ1) is 11.9. The Morgan fingerprint density at radius 3 is 2.24 bits per heavy atom. The Morgan fingerprint density at radius 1 is 0.920 bits per heavy atom. The molecule has 1 N–H and O–H groups in total. The monoisotopic (exact) mass is 334 g/mol. The summed E-state index contributed by atoms with van der Waals surface area (Å²) in [5, 5.41) is 11.8. The Bertz CT molecular complexity index is 936. The summed E-state index contributed by atoms with van der Waals surface area (Å²) in [6.45, 7) is 9.80. The maximum Gasteiger partial charge on any atom is 0.278 e. The number of carbonyl (C=O) groups excluding carboxylic acids is 1. The van der Waals surface area contributed by atoms with Gasteiger partial charge in [0.2, 0.25) is 0 Å². The molecule has 1 heterocycles. The van der Waals surface area contributed by atoms with Crippen LogP contribution in [0.2, 0.25) is 0 Å². The molecule has 0 saturated carbocycles. The van der Waals surface area contributed by atoms with E-state index in [1.807, 2.05) is 58.0 Å². The summed E-state index contributed by atoms with van der Waals surface area (Å²) in [4.78, 5) is 14.2. The fourth-order valence-electron chi connectivity index (χ4n) is 2.91. The SMILES string of the molecule is Cc1ccc(-n2nc(C)c(C(=O)Nc3c(C)cccc3C)n2)c(C)c1. The molecule has 128 valence electrons. The second-order valence-electron chi connectivity index (χ2n) is 6.43. The summed E-state index contributed by atoms with van der Waals surface area (Å²) in [7, 11) is 0. The lowest BCUT2D eigenvalue weighted by Crippen LogP contribution is -2.16. The van der Waals surface area contributed by atoms with Crippen LogP contribution in [0.5, 0.6) is 0 Å². The highest BCUT2D eigenvalue weighted by molar-refractivity contribution is 6.04. The van der Waals surface area contributed by atoms with Crippen LogP contribution in [0.15, 0.2) is 36.4 Å². The largest absolute Gasteiger partial charge is 0.320 e. The minimum Gasteiger partial charge on any atom is -0.320 e. The summed E-state index contributed by atoms with van der Waals surface area (Å²) < 4.78 is 0. The standard InChI is InChI=1S/C20H22N4O/c1-12-9-10-17(15(4)11-12)24-22-16(5)19(23-24)20(25)21-18-13(2)7-6-8-14(18)3/h6-11H,1-5H3,(H,21,25). The lowest BCUT2D eigenvalue weighted by atomic mass is 10.1. The van der Waals surface area contributed by atoms with Gasteiger partial charge in [-0.2, -0.15) is 9.90 Å². The van der Waals surface area contributed by atoms with Crippen LogP contribution in [0, 0.1) is 34.6 Å². The zero-order valence-electron chi connectivity index (χ0n) is 15.2. The van der Waals surface area contributed by atoms with Crippen LogP contribution >= 0.6 is 0 Å². The summed E-state index contributed by atoms with van der Waals surface area (Å²) in [5.41, 5.74) is 6.93. The highest BCUT2D eigenvalue weighted by Crippen LogP contribution is 2.21. The third kappa shape index (κ3) is 3.31. The molecule has 1 amide bonds. The molecule has 5 nitrogen and oxygen atoms in total. The number of hydrogen-bond donors (Lipinski definition) is 1. The Kier molecular flexibility index (Phi) is 4.40. The third-order valence-corrected chi connectivity index (χ3v) is 4.28. The van der Waals surface area contributed by atoms with Crippen molar-refractivity contribution in [1.29, 1.82) is 0 Å². The molecular formula is C20H22N4O. The van der Waals surface area contributed by atoms with E-state index in [1.54, 1.807) is 6.92 Å². The van der Waals surface area contributed by atoms with Crippen molar-refractivity contribution in [2.24, 2.45) is 0 Å². The van der Waals surface area contributed by atoms with Gasteiger partial charge >= 0.3 is 0 Å². The van der Waals surface area contributed by atoms with Crippen molar-refractivity contribution in [3.05, 3.63) is 70.0 Å². The molecule has 0 fully saturated rings. The van der Waals surface area contributed by atoms with Gasteiger partial charge in [0, 0.05) is 5.69 Å². The first kappa shape index (κ1) is 16.9. The van der Waals surface area contributed by atoms with E-state index in [1.165, 1.54) is 10.4 Å². The fourth-order valence-corrected chi connectivity index (χ4v) is 2.91. The number of rotatable bonds is 3. The van der Waals surface area contributed by atoms with Gasteiger partial charge in [0.05, 0.1) is 11.4 Å². The number of amides is 1. The molecule has 0 saturated heterocycles. The number of nitrogens with one attached hydrogen (secondary N) is 1. The number of benzene rings is 2. The van der Waals surface area contributed by atoms with Crippen molar-refractivity contribution in [2.75, 3.05) is 5.32 Å². The predicted molar refractivity (Wildman–Crippen MR) is 99.4 cm³/mol. The highest BCUT2D eigenvalue weighted by Gasteiger charge is 2.18. The smallest absolute Gasteiger partial charge is 0.278 e. The van der Waals surface area contributed by atoms with Gasteiger partial charge in [-0.3, -0.25) is 4.79 Å². The van der Waals surface area contributed by atoms with Crippen LogP contribution in [0.1, 0.15) is 38.4 Å². The van der Waals surface area contributed by atoms with Gasteiger partial charge in [-0.25, -0.2) is 0 Å². The molecule has 25 heavy (non-hydrogen) atoms. The number of anilines is 1. The maximum atomic E-state index is 12.7. The number of hydrogen-bond acceptors (Lipinski definition) is 3. The van der Waals surface area contributed by atoms with Gasteiger partial charge in [0.1, 0.15) is 0 Å². The van der Waals surface area contributed by atoms with E-state index in [0.29, 0.717) is 11.4 Å². The zero-order valence-corrected chi connectivity index (χ0v) is 15.2. The van der Waals surface area contributed by atoms with Gasteiger partial charge < -0.3 is 5.32 Å². The fraction of sp³-hybridized carbons (Fsp3) is 0.250. The second-order valence-corrected chi connectivity index (χ2v) is 6.43. The number of aryl methyl sites for hydroxylation is 5. The van der Waals surface area contributed by atoms with Crippen LogP contribution in [0.3, 0.4) is 0 Å². The van der Waals surface area contributed by atoms with Gasteiger partial charge in [0.15, 0.2) is 5.69 Å². The number of para-hydroxylation sites is 1. The maximum absolute atomic E-state index is 12.7. The predicted octanol–water partition coefficient (Wildman–Crippen LogP) is 4.06. The Balaban J connectivity index is 1.93. The van der Waals surface area contributed by atoms with E-state index in [4.69, 9.17) is 0 Å². The van der Waals surface area contributed by atoms with Crippen LogP contribution < -0.4 is 5.32 Å². The normalized spacial score (nSPS) is 10.8. The van der Waals surface area contributed by atoms with Crippen molar-refractivity contribution in [2.45, 2.75) is 34.6 Å². The lowest BCUT2D eigenvalue weighted by molar-refractivity contribution is 0.102. The molecule has 3 aromatic rings. The Labute approximate surface area is 147 Å². The molecule has 5 heteroatoms. The molecule has 0 atom stereocenters.